The van der Waals surface area contributed by atoms with Crippen molar-refractivity contribution in [2.75, 3.05) is 7.05 Å². The quantitative estimate of drug-likeness (QED) is 0.331. The van der Waals surface area contributed by atoms with Crippen molar-refractivity contribution in [1.82, 2.24) is 0 Å². The monoisotopic (exact) mass is 90.0 g/mol. The van der Waals surface area contributed by atoms with E-state index in [2.05, 4.69) is 10.2 Å². The summed E-state index contributed by atoms with van der Waals surface area (Å²) in [4.78, 5) is 0. The lowest BCUT2D eigenvalue weighted by molar-refractivity contribution is -0.0369. The molecule has 0 bridgehead atoms. The van der Waals surface area contributed by atoms with Gasteiger partial charge in [0.15, 0.2) is 0 Å². The number of nitrogens with zero attached hydrogens (tertiary/aromatic N) is 2. The Labute approximate surface area is 35.1 Å². The number of hydrogen-bond donors (Lipinski definition) is 2. The molecule has 0 unspecified atom stereocenters. The van der Waals surface area contributed by atoms with Crippen LogP contribution in [0.1, 0.15) is 0 Å². The van der Waals surface area contributed by atoms with Crippen molar-refractivity contribution in [1.29, 1.82) is 0 Å². The molecule has 0 radical (unpaired) electrons. The van der Waals surface area contributed by atoms with E-state index in [0.717, 1.165) is 0 Å². The second kappa shape index (κ2) is 2.74. The molecule has 0 aromatic heterocycles. The van der Waals surface area contributed by atoms with E-state index in [0.29, 0.717) is 0 Å². The summed E-state index contributed by atoms with van der Waals surface area (Å²) in [6.45, 7) is 0. The maximum atomic E-state index is 7.85. The molecule has 0 saturated carbocycles. The summed E-state index contributed by atoms with van der Waals surface area (Å²) >= 11 is 0. The molecular formula is C2H6N2O2. The second-order valence-electron chi connectivity index (χ2n) is 0.662. The van der Waals surface area contributed by atoms with Crippen molar-refractivity contribution >= 4 is 0 Å². The van der Waals surface area contributed by atoms with Crippen molar-refractivity contribution in [3.8, 4) is 0 Å². The van der Waals surface area contributed by atoms with E-state index < -0.39 is 6.41 Å². The standard InChI is InChI=1S/C2H6N2O2/c1-3-4-2(5)6/h2,5-6H,1H3. The average Bonchev–Trinajstić information content (AvgIpc) is 1.35. The van der Waals surface area contributed by atoms with Gasteiger partial charge in [0.05, 0.1) is 0 Å². The van der Waals surface area contributed by atoms with Gasteiger partial charge >= 0.3 is 0 Å². The predicted molar refractivity (Wildman–Crippen MR) is 19.0 cm³/mol. The average molecular weight is 90.1 g/mol. The van der Waals surface area contributed by atoms with Crippen LogP contribution in [0, 0.1) is 0 Å². The normalized spacial score (nSPS) is 11.3. The van der Waals surface area contributed by atoms with Crippen LogP contribution >= 0.6 is 0 Å². The van der Waals surface area contributed by atoms with Gasteiger partial charge in [-0.1, -0.05) is 0 Å². The van der Waals surface area contributed by atoms with Crippen LogP contribution in [-0.2, 0) is 0 Å². The van der Waals surface area contributed by atoms with E-state index in [9.17, 15) is 0 Å². The van der Waals surface area contributed by atoms with Crippen LogP contribution in [0.5, 0.6) is 0 Å². The number of rotatable bonds is 1. The maximum absolute atomic E-state index is 7.85. The zero-order chi connectivity index (χ0) is 4.99. The molecule has 0 amide bonds. The summed E-state index contributed by atoms with van der Waals surface area (Å²) in [6, 6.07) is 0. The zero-order valence-electron chi connectivity index (χ0n) is 3.37. The van der Waals surface area contributed by atoms with Crippen molar-refractivity contribution in [3.63, 3.8) is 0 Å². The Morgan fingerprint density at radius 1 is 1.50 bits per heavy atom. The van der Waals surface area contributed by atoms with Crippen molar-refractivity contribution < 1.29 is 10.2 Å². The fraction of sp³-hybridized carbons (Fsp3) is 1.00. The second-order valence-corrected chi connectivity index (χ2v) is 0.662. The SMILES string of the molecule is CN=NC(O)O. The third kappa shape index (κ3) is 3.52. The zero-order valence-corrected chi connectivity index (χ0v) is 3.37. The topological polar surface area (TPSA) is 65.2 Å². The predicted octanol–water partition coefficient (Wildman–Crippen LogP) is -0.663. The molecule has 0 aromatic rings. The van der Waals surface area contributed by atoms with Crippen molar-refractivity contribution in [2.45, 2.75) is 6.41 Å². The Balaban J connectivity index is 3.03. The first-order chi connectivity index (χ1) is 2.77. The fourth-order valence-corrected chi connectivity index (χ4v) is 0.103. The van der Waals surface area contributed by atoms with Gasteiger partial charge in [0.2, 0.25) is 0 Å². The highest BCUT2D eigenvalue weighted by atomic mass is 16.5. The molecule has 36 valence electrons. The van der Waals surface area contributed by atoms with E-state index in [1.807, 2.05) is 0 Å². The molecular weight excluding hydrogens is 84.0 g/mol. The van der Waals surface area contributed by atoms with E-state index in [4.69, 9.17) is 10.2 Å². The Morgan fingerprint density at radius 2 is 2.00 bits per heavy atom. The minimum atomic E-state index is -1.64. The fourth-order valence-electron chi connectivity index (χ4n) is 0.103. The van der Waals surface area contributed by atoms with Crippen LogP contribution in [0.15, 0.2) is 10.2 Å². The van der Waals surface area contributed by atoms with Gasteiger partial charge in [0.1, 0.15) is 0 Å². The smallest absolute Gasteiger partial charge is 0.271 e. The molecule has 0 rings (SSSR count). The summed E-state index contributed by atoms with van der Waals surface area (Å²) in [5.74, 6) is 0. The van der Waals surface area contributed by atoms with Gasteiger partial charge in [-0.3, -0.25) is 0 Å². The molecule has 0 aromatic carbocycles. The van der Waals surface area contributed by atoms with Gasteiger partial charge in [-0.25, -0.2) is 0 Å². The highest BCUT2D eigenvalue weighted by molar-refractivity contribution is 4.15. The first-order valence-electron chi connectivity index (χ1n) is 1.42. The first-order valence-corrected chi connectivity index (χ1v) is 1.42. The lowest BCUT2D eigenvalue weighted by Crippen LogP contribution is -1.95. The third-order valence-corrected chi connectivity index (χ3v) is 0.219. The minimum Gasteiger partial charge on any atom is -0.349 e. The Hall–Kier alpha value is -0.480. The Bertz CT molecular complexity index is 51.5. The summed E-state index contributed by atoms with van der Waals surface area (Å²) in [7, 11) is 1.36. The van der Waals surface area contributed by atoms with Crippen LogP contribution in [0.2, 0.25) is 0 Å². The van der Waals surface area contributed by atoms with Crippen molar-refractivity contribution in [2.24, 2.45) is 10.2 Å². The molecule has 6 heavy (non-hydrogen) atoms. The summed E-state index contributed by atoms with van der Waals surface area (Å²) in [5.41, 5.74) is 0. The third-order valence-electron chi connectivity index (χ3n) is 0.219. The van der Waals surface area contributed by atoms with Crippen LogP contribution in [0.25, 0.3) is 0 Å². The van der Waals surface area contributed by atoms with Gasteiger partial charge in [0, 0.05) is 7.05 Å². The molecule has 0 aliphatic carbocycles. The Morgan fingerprint density at radius 3 is 2.00 bits per heavy atom. The molecule has 0 heterocycles. The van der Waals surface area contributed by atoms with Gasteiger partial charge in [-0.2, -0.15) is 5.11 Å². The van der Waals surface area contributed by atoms with Crippen LogP contribution in [0.4, 0.5) is 0 Å². The summed E-state index contributed by atoms with van der Waals surface area (Å²) in [6.07, 6.45) is -1.64. The van der Waals surface area contributed by atoms with Crippen molar-refractivity contribution in [3.05, 3.63) is 0 Å². The van der Waals surface area contributed by atoms with E-state index in [1.165, 1.54) is 7.05 Å². The number of hydrogen-bond acceptors (Lipinski definition) is 4. The molecule has 0 aliphatic rings. The molecule has 2 N–H and O–H groups in total. The molecule has 0 atom stereocenters. The molecule has 0 aliphatic heterocycles. The van der Waals surface area contributed by atoms with E-state index in [1.54, 1.807) is 0 Å². The number of azo groups is 1. The highest BCUT2D eigenvalue weighted by Crippen LogP contribution is 1.73. The van der Waals surface area contributed by atoms with Gasteiger partial charge in [-0.15, -0.1) is 5.11 Å². The summed E-state index contributed by atoms with van der Waals surface area (Å²) in [5, 5.41) is 21.6. The van der Waals surface area contributed by atoms with Gasteiger partial charge in [0.25, 0.3) is 6.41 Å². The van der Waals surface area contributed by atoms with Crippen LogP contribution < -0.4 is 0 Å². The lowest BCUT2D eigenvalue weighted by Gasteiger charge is -1.85. The van der Waals surface area contributed by atoms with Crippen LogP contribution in [-0.4, -0.2) is 23.7 Å². The van der Waals surface area contributed by atoms with Gasteiger partial charge < -0.3 is 10.2 Å². The molecule has 0 saturated heterocycles. The van der Waals surface area contributed by atoms with Crippen LogP contribution in [0.3, 0.4) is 0 Å². The molecule has 0 fully saturated rings. The largest absolute Gasteiger partial charge is 0.349 e. The van der Waals surface area contributed by atoms with E-state index >= 15 is 0 Å². The van der Waals surface area contributed by atoms with E-state index in [-0.39, 0.29) is 0 Å². The molecule has 4 nitrogen and oxygen atoms in total. The molecule has 4 heteroatoms. The number of aliphatic hydroxyl groups is 2. The first kappa shape index (κ1) is 5.52. The molecule has 0 spiro atoms. The highest BCUT2D eigenvalue weighted by Gasteiger charge is 1.82. The van der Waals surface area contributed by atoms with Gasteiger partial charge in [-0.05, 0) is 0 Å². The maximum Gasteiger partial charge on any atom is 0.271 e. The minimum absolute atomic E-state index is 1.36. The summed E-state index contributed by atoms with van der Waals surface area (Å²) < 4.78 is 0. The number of aliphatic hydroxyl groups excluding tert-OH is 1. The lowest BCUT2D eigenvalue weighted by atomic mass is 11.2. The Kier molecular flexibility index (Phi) is 2.52.